The van der Waals surface area contributed by atoms with Gasteiger partial charge in [0, 0.05) is 29.7 Å². The number of halogens is 2. The maximum Gasteiger partial charge on any atom is 0.410 e. The van der Waals surface area contributed by atoms with E-state index in [-0.39, 0.29) is 17.8 Å². The summed E-state index contributed by atoms with van der Waals surface area (Å²) >= 11 is 1.95. The number of hydrogen-bond acceptors (Lipinski definition) is 3. The van der Waals surface area contributed by atoms with E-state index in [2.05, 4.69) is 0 Å². The monoisotopic (exact) mass is 434 g/mol. The van der Waals surface area contributed by atoms with Crippen LogP contribution in [0.1, 0.15) is 31.1 Å². The summed E-state index contributed by atoms with van der Waals surface area (Å²) in [5.41, 5.74) is -0.0495. The molecule has 0 N–H and O–H groups in total. The fraction of sp³-hybridized carbons (Fsp3) is 0.500. The van der Waals surface area contributed by atoms with Gasteiger partial charge in [0.1, 0.15) is 11.4 Å². The Hall–Kier alpha value is -1.38. The molecular formula is C16H20FIN2O3. The fourth-order valence-electron chi connectivity index (χ4n) is 2.25. The van der Waals surface area contributed by atoms with E-state index in [9.17, 15) is 14.0 Å². The molecule has 1 aromatic carbocycles. The van der Waals surface area contributed by atoms with E-state index in [1.54, 1.807) is 9.80 Å². The predicted molar refractivity (Wildman–Crippen MR) is 92.8 cm³/mol. The SMILES string of the molecule is CC(C)(C)OC(=O)N1CCN(C(=O)c2ccc(F)cc2I)CC1. The van der Waals surface area contributed by atoms with Gasteiger partial charge in [-0.25, -0.2) is 9.18 Å². The van der Waals surface area contributed by atoms with Crippen LogP contribution in [0.15, 0.2) is 18.2 Å². The van der Waals surface area contributed by atoms with Crippen LogP contribution in [0.25, 0.3) is 0 Å². The van der Waals surface area contributed by atoms with Crippen molar-refractivity contribution >= 4 is 34.6 Å². The molecule has 1 aliphatic rings. The number of ether oxygens (including phenoxy) is 1. The van der Waals surface area contributed by atoms with Crippen molar-refractivity contribution < 1.29 is 18.7 Å². The molecule has 7 heteroatoms. The highest BCUT2D eigenvalue weighted by Crippen LogP contribution is 2.18. The third-order valence-electron chi connectivity index (χ3n) is 3.38. The molecule has 0 unspecified atom stereocenters. The molecule has 0 saturated carbocycles. The van der Waals surface area contributed by atoms with E-state index < -0.39 is 5.60 Å². The highest BCUT2D eigenvalue weighted by molar-refractivity contribution is 14.1. The normalized spacial score (nSPS) is 15.5. The zero-order chi connectivity index (χ0) is 17.2. The number of carbonyl (C=O) groups excluding carboxylic acids is 2. The van der Waals surface area contributed by atoms with Gasteiger partial charge in [-0.3, -0.25) is 4.79 Å². The lowest BCUT2D eigenvalue weighted by molar-refractivity contribution is 0.0140. The smallest absolute Gasteiger partial charge is 0.410 e. The summed E-state index contributed by atoms with van der Waals surface area (Å²) in [5, 5.41) is 0. The van der Waals surface area contributed by atoms with Crippen LogP contribution in [0.2, 0.25) is 0 Å². The summed E-state index contributed by atoms with van der Waals surface area (Å²) in [4.78, 5) is 27.8. The molecule has 0 aromatic heterocycles. The van der Waals surface area contributed by atoms with E-state index in [1.807, 2.05) is 43.4 Å². The van der Waals surface area contributed by atoms with Crippen molar-refractivity contribution in [3.63, 3.8) is 0 Å². The quantitative estimate of drug-likeness (QED) is 0.639. The Morgan fingerprint density at radius 1 is 1.13 bits per heavy atom. The van der Waals surface area contributed by atoms with Crippen molar-refractivity contribution in [3.05, 3.63) is 33.1 Å². The summed E-state index contributed by atoms with van der Waals surface area (Å²) in [6.07, 6.45) is -0.360. The number of amides is 2. The molecule has 0 atom stereocenters. The standard InChI is InChI=1S/C16H20FIN2O3/c1-16(2,3)23-15(22)20-8-6-19(7-9-20)14(21)12-5-4-11(17)10-13(12)18/h4-5,10H,6-9H2,1-3H3. The minimum atomic E-state index is -0.533. The third-order valence-corrected chi connectivity index (χ3v) is 4.27. The molecule has 1 aromatic rings. The first-order valence-corrected chi connectivity index (χ1v) is 8.47. The lowest BCUT2D eigenvalue weighted by Gasteiger charge is -2.35. The van der Waals surface area contributed by atoms with E-state index in [4.69, 9.17) is 4.74 Å². The van der Waals surface area contributed by atoms with Crippen LogP contribution in [-0.4, -0.2) is 53.6 Å². The second-order valence-electron chi connectivity index (χ2n) is 6.38. The molecule has 0 bridgehead atoms. The number of carbonyl (C=O) groups is 2. The molecule has 1 saturated heterocycles. The molecule has 5 nitrogen and oxygen atoms in total. The Bertz CT molecular complexity index is 608. The van der Waals surface area contributed by atoms with Crippen molar-refractivity contribution in [1.82, 2.24) is 9.80 Å². The number of benzene rings is 1. The van der Waals surface area contributed by atoms with Crippen LogP contribution in [0.5, 0.6) is 0 Å². The number of nitrogens with zero attached hydrogens (tertiary/aromatic N) is 2. The van der Waals surface area contributed by atoms with Gasteiger partial charge in [0.2, 0.25) is 0 Å². The molecule has 0 aliphatic carbocycles. The summed E-state index contributed by atoms with van der Waals surface area (Å²) in [5.74, 6) is -0.501. The second kappa shape index (κ2) is 7.02. The van der Waals surface area contributed by atoms with Gasteiger partial charge < -0.3 is 14.5 Å². The van der Waals surface area contributed by atoms with Gasteiger partial charge in [0.25, 0.3) is 5.91 Å². The zero-order valence-electron chi connectivity index (χ0n) is 13.4. The fourth-order valence-corrected chi connectivity index (χ4v) is 2.96. The Kier molecular flexibility index (Phi) is 5.49. The van der Waals surface area contributed by atoms with Gasteiger partial charge in [0.05, 0.1) is 5.56 Å². The average Bonchev–Trinajstić information content (AvgIpc) is 2.45. The highest BCUT2D eigenvalue weighted by Gasteiger charge is 2.28. The second-order valence-corrected chi connectivity index (χ2v) is 7.55. The van der Waals surface area contributed by atoms with Crippen molar-refractivity contribution in [2.45, 2.75) is 26.4 Å². The molecular weight excluding hydrogens is 414 g/mol. The third kappa shape index (κ3) is 4.79. The van der Waals surface area contributed by atoms with Crippen LogP contribution in [0, 0.1) is 9.39 Å². The Labute approximate surface area is 148 Å². The molecule has 0 radical (unpaired) electrons. The first kappa shape index (κ1) is 18.0. The predicted octanol–water partition coefficient (Wildman–Crippen LogP) is 3.12. The maximum absolute atomic E-state index is 13.1. The molecule has 126 valence electrons. The summed E-state index contributed by atoms with van der Waals surface area (Å²) in [7, 11) is 0. The van der Waals surface area contributed by atoms with E-state index in [0.717, 1.165) is 0 Å². The Balaban J connectivity index is 1.96. The van der Waals surface area contributed by atoms with Gasteiger partial charge >= 0.3 is 6.09 Å². The number of hydrogen-bond donors (Lipinski definition) is 0. The lowest BCUT2D eigenvalue weighted by atomic mass is 10.2. The van der Waals surface area contributed by atoms with E-state index in [1.165, 1.54) is 18.2 Å². The topological polar surface area (TPSA) is 49.9 Å². The van der Waals surface area contributed by atoms with Crippen molar-refractivity contribution in [3.8, 4) is 0 Å². The van der Waals surface area contributed by atoms with Crippen LogP contribution in [0.4, 0.5) is 9.18 Å². The van der Waals surface area contributed by atoms with E-state index in [0.29, 0.717) is 35.3 Å². The lowest BCUT2D eigenvalue weighted by Crippen LogP contribution is -2.51. The molecule has 2 rings (SSSR count). The first-order valence-electron chi connectivity index (χ1n) is 7.39. The molecule has 2 amide bonds. The summed E-state index contributed by atoms with van der Waals surface area (Å²) < 4.78 is 19.1. The number of rotatable bonds is 1. The van der Waals surface area contributed by atoms with Gasteiger partial charge in [-0.2, -0.15) is 0 Å². The maximum atomic E-state index is 13.1. The molecule has 1 aliphatic heterocycles. The van der Waals surface area contributed by atoms with Gasteiger partial charge in [-0.05, 0) is 61.6 Å². The summed E-state index contributed by atoms with van der Waals surface area (Å²) in [6, 6.07) is 4.12. The molecule has 1 heterocycles. The van der Waals surface area contributed by atoms with Crippen LogP contribution in [0.3, 0.4) is 0 Å². The minimum absolute atomic E-state index is 0.141. The van der Waals surface area contributed by atoms with Crippen LogP contribution >= 0.6 is 22.6 Å². The van der Waals surface area contributed by atoms with Crippen LogP contribution in [-0.2, 0) is 4.74 Å². The van der Waals surface area contributed by atoms with Crippen molar-refractivity contribution in [2.75, 3.05) is 26.2 Å². The average molecular weight is 434 g/mol. The Morgan fingerprint density at radius 3 is 2.22 bits per heavy atom. The number of piperazine rings is 1. The molecule has 23 heavy (non-hydrogen) atoms. The van der Waals surface area contributed by atoms with Crippen molar-refractivity contribution in [2.24, 2.45) is 0 Å². The minimum Gasteiger partial charge on any atom is -0.444 e. The largest absolute Gasteiger partial charge is 0.444 e. The summed E-state index contributed by atoms with van der Waals surface area (Å²) in [6.45, 7) is 7.19. The van der Waals surface area contributed by atoms with Gasteiger partial charge in [-0.1, -0.05) is 0 Å². The first-order chi connectivity index (χ1) is 10.7. The van der Waals surface area contributed by atoms with E-state index >= 15 is 0 Å². The zero-order valence-corrected chi connectivity index (χ0v) is 15.6. The van der Waals surface area contributed by atoms with Gasteiger partial charge in [-0.15, -0.1) is 0 Å². The highest BCUT2D eigenvalue weighted by atomic mass is 127. The van der Waals surface area contributed by atoms with Crippen LogP contribution < -0.4 is 0 Å². The Morgan fingerprint density at radius 2 is 1.70 bits per heavy atom. The molecule has 0 spiro atoms. The van der Waals surface area contributed by atoms with Crippen molar-refractivity contribution in [1.29, 1.82) is 0 Å². The van der Waals surface area contributed by atoms with Gasteiger partial charge in [0.15, 0.2) is 0 Å². The molecule has 1 fully saturated rings.